The molecule has 0 radical (unpaired) electrons. The predicted octanol–water partition coefficient (Wildman–Crippen LogP) is 3.26. The second-order valence-corrected chi connectivity index (χ2v) is 8.66. The van der Waals surface area contributed by atoms with E-state index in [1.165, 1.54) is 53.7 Å². The molecule has 2 aromatic rings. The maximum atomic E-state index is 12.7. The van der Waals surface area contributed by atoms with Gasteiger partial charge in [-0.15, -0.1) is 0 Å². The van der Waals surface area contributed by atoms with E-state index in [0.29, 0.717) is 13.1 Å². The molecule has 1 amide bonds. The summed E-state index contributed by atoms with van der Waals surface area (Å²) in [7, 11) is -3.74. The van der Waals surface area contributed by atoms with Crippen molar-refractivity contribution in [2.24, 2.45) is 0 Å². The van der Waals surface area contributed by atoms with Crippen molar-refractivity contribution in [2.75, 3.05) is 18.4 Å². The van der Waals surface area contributed by atoms with Gasteiger partial charge in [0, 0.05) is 13.1 Å². The lowest BCUT2D eigenvalue weighted by molar-refractivity contribution is -0.123. The second kappa shape index (κ2) is 9.92. The molecule has 0 saturated heterocycles. The van der Waals surface area contributed by atoms with Gasteiger partial charge in [-0.25, -0.2) is 13.2 Å². The van der Waals surface area contributed by atoms with Crippen LogP contribution in [0, 0.1) is 0 Å². The summed E-state index contributed by atoms with van der Waals surface area (Å²) < 4.78 is 31.8. The molecule has 0 bridgehead atoms. The number of rotatable bonds is 8. The summed E-state index contributed by atoms with van der Waals surface area (Å²) in [6, 6.07) is 9.37. The Balaban J connectivity index is 2.15. The Bertz CT molecular complexity index is 1020. The van der Waals surface area contributed by atoms with E-state index in [2.05, 4.69) is 5.32 Å². The molecule has 8 nitrogen and oxygen atoms in total. The summed E-state index contributed by atoms with van der Waals surface area (Å²) in [5.74, 6) is -1.44. The number of phenols is 1. The van der Waals surface area contributed by atoms with Gasteiger partial charge in [-0.2, -0.15) is 4.31 Å². The van der Waals surface area contributed by atoms with Crippen LogP contribution in [0.3, 0.4) is 0 Å². The molecule has 0 aliphatic carbocycles. The van der Waals surface area contributed by atoms with E-state index in [0.717, 1.165) is 0 Å². The van der Waals surface area contributed by atoms with Crippen LogP contribution in [0.25, 0.3) is 0 Å². The molecule has 1 atom stereocenters. The highest BCUT2D eigenvalue weighted by Gasteiger charge is 2.24. The van der Waals surface area contributed by atoms with E-state index in [1.807, 2.05) is 0 Å². The van der Waals surface area contributed by atoms with E-state index in [1.54, 1.807) is 13.8 Å². The van der Waals surface area contributed by atoms with Crippen molar-refractivity contribution in [1.82, 2.24) is 4.31 Å². The predicted molar refractivity (Wildman–Crippen MR) is 113 cm³/mol. The number of carbonyl (C=O) groups is 2. The summed E-state index contributed by atoms with van der Waals surface area (Å²) in [5.41, 5.74) is 0.250. The minimum absolute atomic E-state index is 0.00784. The highest BCUT2D eigenvalue weighted by atomic mass is 35.5. The third-order valence-corrected chi connectivity index (χ3v) is 6.67. The SMILES string of the molecule is CCN(CC)S(=O)(=O)c1ccc(Cl)c(NC(=O)C(C)OC(=O)c2ccc(O)cc2)c1. The van der Waals surface area contributed by atoms with Crippen LogP contribution < -0.4 is 5.32 Å². The van der Waals surface area contributed by atoms with Crippen LogP contribution in [0.5, 0.6) is 5.75 Å². The maximum absolute atomic E-state index is 12.7. The number of nitrogens with zero attached hydrogens (tertiary/aromatic N) is 1. The molecule has 0 fully saturated rings. The zero-order valence-electron chi connectivity index (χ0n) is 16.8. The van der Waals surface area contributed by atoms with Gasteiger partial charge in [0.15, 0.2) is 6.10 Å². The highest BCUT2D eigenvalue weighted by Crippen LogP contribution is 2.27. The zero-order valence-corrected chi connectivity index (χ0v) is 18.3. The quantitative estimate of drug-likeness (QED) is 0.592. The molecule has 30 heavy (non-hydrogen) atoms. The number of nitrogens with one attached hydrogen (secondary N) is 1. The molecule has 162 valence electrons. The van der Waals surface area contributed by atoms with Crippen LogP contribution in [0.15, 0.2) is 47.4 Å². The maximum Gasteiger partial charge on any atom is 0.338 e. The Kier molecular flexibility index (Phi) is 7.83. The van der Waals surface area contributed by atoms with E-state index >= 15 is 0 Å². The number of hydrogen-bond acceptors (Lipinski definition) is 6. The van der Waals surface area contributed by atoms with E-state index in [4.69, 9.17) is 16.3 Å². The third-order valence-electron chi connectivity index (χ3n) is 4.29. The first kappa shape index (κ1) is 23.7. The number of carbonyl (C=O) groups excluding carboxylic acids is 2. The number of benzene rings is 2. The minimum Gasteiger partial charge on any atom is -0.508 e. The molecule has 0 aromatic heterocycles. The van der Waals surface area contributed by atoms with Crippen LogP contribution in [0.1, 0.15) is 31.1 Å². The van der Waals surface area contributed by atoms with Crippen LogP contribution in [-0.2, 0) is 19.6 Å². The van der Waals surface area contributed by atoms with Gasteiger partial charge >= 0.3 is 5.97 Å². The van der Waals surface area contributed by atoms with Gasteiger partial charge in [0.1, 0.15) is 5.75 Å². The molecule has 0 aliphatic rings. The molecule has 2 rings (SSSR count). The van der Waals surface area contributed by atoms with Crippen molar-refractivity contribution >= 4 is 39.2 Å². The summed E-state index contributed by atoms with van der Waals surface area (Å²) in [6.07, 6.45) is -1.18. The molecule has 10 heteroatoms. The summed E-state index contributed by atoms with van der Waals surface area (Å²) in [6.45, 7) is 5.42. The fraction of sp³-hybridized carbons (Fsp3) is 0.300. The summed E-state index contributed by atoms with van der Waals surface area (Å²) >= 11 is 6.10. The monoisotopic (exact) mass is 454 g/mol. The number of anilines is 1. The van der Waals surface area contributed by atoms with Crippen molar-refractivity contribution < 1.29 is 27.9 Å². The molecule has 0 aliphatic heterocycles. The highest BCUT2D eigenvalue weighted by molar-refractivity contribution is 7.89. The van der Waals surface area contributed by atoms with Crippen molar-refractivity contribution in [3.63, 3.8) is 0 Å². The molecule has 1 unspecified atom stereocenters. The Morgan fingerprint density at radius 2 is 1.73 bits per heavy atom. The van der Waals surface area contributed by atoms with Crippen LogP contribution >= 0.6 is 11.6 Å². The van der Waals surface area contributed by atoms with Gasteiger partial charge in [0.2, 0.25) is 10.0 Å². The lowest BCUT2D eigenvalue weighted by Crippen LogP contribution is -2.31. The van der Waals surface area contributed by atoms with Gasteiger partial charge in [-0.3, -0.25) is 4.79 Å². The molecular formula is C20H23ClN2O6S. The van der Waals surface area contributed by atoms with Crippen LogP contribution in [0.2, 0.25) is 5.02 Å². The molecular weight excluding hydrogens is 432 g/mol. The third kappa shape index (κ3) is 5.50. The first-order chi connectivity index (χ1) is 14.1. The number of sulfonamides is 1. The number of phenolic OH excluding ortho intramolecular Hbond substituents is 1. The van der Waals surface area contributed by atoms with E-state index < -0.39 is 28.0 Å². The normalized spacial score (nSPS) is 12.4. The first-order valence-corrected chi connectivity index (χ1v) is 11.0. The number of ether oxygens (including phenoxy) is 1. The molecule has 0 heterocycles. The summed E-state index contributed by atoms with van der Waals surface area (Å²) in [4.78, 5) is 24.6. The van der Waals surface area contributed by atoms with Crippen molar-refractivity contribution in [1.29, 1.82) is 0 Å². The number of esters is 1. The van der Waals surface area contributed by atoms with Crippen molar-refractivity contribution in [3.8, 4) is 5.75 Å². The fourth-order valence-electron chi connectivity index (χ4n) is 2.59. The Morgan fingerprint density at radius 1 is 1.13 bits per heavy atom. The Morgan fingerprint density at radius 3 is 2.30 bits per heavy atom. The molecule has 2 N–H and O–H groups in total. The topological polar surface area (TPSA) is 113 Å². The molecule has 0 saturated carbocycles. The average Bonchev–Trinajstić information content (AvgIpc) is 2.70. The smallest absolute Gasteiger partial charge is 0.338 e. The van der Waals surface area contributed by atoms with Gasteiger partial charge in [0.25, 0.3) is 5.91 Å². The van der Waals surface area contributed by atoms with Gasteiger partial charge < -0.3 is 15.2 Å². The standard InChI is InChI=1S/C20H23ClN2O6S/c1-4-23(5-2)30(27,28)16-10-11-17(21)18(12-16)22-19(25)13(3)29-20(26)14-6-8-15(24)9-7-14/h6-13,24H,4-5H2,1-3H3,(H,22,25). The molecule has 0 spiro atoms. The molecule has 2 aromatic carbocycles. The average molecular weight is 455 g/mol. The van der Waals surface area contributed by atoms with Crippen LogP contribution in [-0.4, -0.2) is 48.9 Å². The van der Waals surface area contributed by atoms with Gasteiger partial charge in [-0.1, -0.05) is 25.4 Å². The number of halogens is 1. The summed E-state index contributed by atoms with van der Waals surface area (Å²) in [5, 5.41) is 11.9. The van der Waals surface area contributed by atoms with Crippen LogP contribution in [0.4, 0.5) is 5.69 Å². The number of amides is 1. The van der Waals surface area contributed by atoms with Gasteiger partial charge in [-0.05, 0) is 49.4 Å². The largest absolute Gasteiger partial charge is 0.508 e. The van der Waals surface area contributed by atoms with E-state index in [9.17, 15) is 23.1 Å². The van der Waals surface area contributed by atoms with E-state index in [-0.39, 0.29) is 26.9 Å². The Hall–Kier alpha value is -2.62. The number of aromatic hydroxyl groups is 1. The van der Waals surface area contributed by atoms with Crippen molar-refractivity contribution in [2.45, 2.75) is 31.8 Å². The van der Waals surface area contributed by atoms with Crippen molar-refractivity contribution in [3.05, 3.63) is 53.1 Å². The minimum atomic E-state index is -3.74. The Labute approximate surface area is 180 Å². The van der Waals surface area contributed by atoms with Gasteiger partial charge in [0.05, 0.1) is 21.2 Å². The fourth-order valence-corrected chi connectivity index (χ4v) is 4.24. The zero-order chi connectivity index (χ0) is 22.5. The number of hydrogen-bond donors (Lipinski definition) is 2. The lowest BCUT2D eigenvalue weighted by atomic mass is 10.2. The second-order valence-electron chi connectivity index (χ2n) is 6.31. The first-order valence-electron chi connectivity index (χ1n) is 9.20. The lowest BCUT2D eigenvalue weighted by Gasteiger charge is -2.19.